The average Bonchev–Trinajstić information content (AvgIpc) is 3.00. The van der Waals surface area contributed by atoms with Gasteiger partial charge in [0.15, 0.2) is 5.15 Å². The van der Waals surface area contributed by atoms with Gasteiger partial charge in [-0.3, -0.25) is 18.9 Å². The largest absolute Gasteiger partial charge is 0.295 e. The van der Waals surface area contributed by atoms with Gasteiger partial charge in [-0.2, -0.15) is 5.10 Å². The molecule has 0 aliphatic carbocycles. The van der Waals surface area contributed by atoms with Gasteiger partial charge < -0.3 is 0 Å². The maximum atomic E-state index is 12.7. The Balaban J connectivity index is 2.39. The first-order valence-electron chi connectivity index (χ1n) is 7.27. The molecule has 0 spiro atoms. The molecule has 0 bridgehead atoms. The number of halogens is 1. The summed E-state index contributed by atoms with van der Waals surface area (Å²) in [6, 6.07) is 3.57. The average molecular weight is 365 g/mol. The molecular weight excluding hydrogens is 348 g/mol. The highest BCUT2D eigenvalue weighted by Gasteiger charge is 2.28. The first kappa shape index (κ1) is 18.2. The number of aromatic nitrogens is 3. The summed E-state index contributed by atoms with van der Waals surface area (Å²) < 4.78 is 13.5. The molecule has 6 nitrogen and oxygen atoms in total. The lowest BCUT2D eigenvalue weighted by Gasteiger charge is -2.22. The van der Waals surface area contributed by atoms with E-state index in [2.05, 4.69) is 16.0 Å². The molecular formula is C16H17ClN4O2S. The number of carbonyl (C=O) groups excluding carboxylic acids is 1. The van der Waals surface area contributed by atoms with Crippen LogP contribution in [0.15, 0.2) is 30.7 Å². The SMILES string of the molecule is C#CCN(C(=O)C(C)S(=O)CC)c1cn(-c2cccnc2)nc1Cl. The molecule has 8 heteroatoms. The van der Waals surface area contributed by atoms with E-state index in [1.165, 1.54) is 9.58 Å². The lowest BCUT2D eigenvalue weighted by atomic mass is 10.3. The lowest BCUT2D eigenvalue weighted by molar-refractivity contribution is -0.117. The molecule has 0 N–H and O–H groups in total. The monoisotopic (exact) mass is 364 g/mol. The predicted molar refractivity (Wildman–Crippen MR) is 95.7 cm³/mol. The molecule has 1 amide bonds. The second-order valence-electron chi connectivity index (χ2n) is 4.90. The van der Waals surface area contributed by atoms with E-state index in [1.54, 1.807) is 38.5 Å². The second kappa shape index (κ2) is 8.08. The van der Waals surface area contributed by atoms with Crippen LogP contribution < -0.4 is 4.90 Å². The number of hydrogen-bond acceptors (Lipinski definition) is 4. The van der Waals surface area contributed by atoms with Gasteiger partial charge in [-0.25, -0.2) is 4.68 Å². The Morgan fingerprint density at radius 1 is 1.58 bits per heavy atom. The van der Waals surface area contributed by atoms with Gasteiger partial charge in [-0.05, 0) is 19.1 Å². The van der Waals surface area contributed by atoms with Crippen molar-refractivity contribution in [3.63, 3.8) is 0 Å². The van der Waals surface area contributed by atoms with Gasteiger partial charge >= 0.3 is 0 Å². The molecule has 2 aromatic heterocycles. The maximum absolute atomic E-state index is 12.7. The molecule has 0 aromatic carbocycles. The number of nitrogens with zero attached hydrogens (tertiary/aromatic N) is 4. The Labute approximate surface area is 148 Å². The van der Waals surface area contributed by atoms with Crippen LogP contribution in [0.25, 0.3) is 5.69 Å². The third-order valence-electron chi connectivity index (χ3n) is 3.39. The molecule has 2 heterocycles. The number of pyridine rings is 1. The van der Waals surface area contributed by atoms with Crippen molar-refractivity contribution in [2.45, 2.75) is 19.1 Å². The van der Waals surface area contributed by atoms with Crippen LogP contribution in [-0.4, -0.2) is 42.4 Å². The van der Waals surface area contributed by atoms with Crippen molar-refractivity contribution in [1.82, 2.24) is 14.8 Å². The minimum absolute atomic E-state index is 0.0164. The van der Waals surface area contributed by atoms with Crippen LogP contribution in [0, 0.1) is 12.3 Å². The topological polar surface area (TPSA) is 68.1 Å². The number of hydrogen-bond donors (Lipinski definition) is 0. The quantitative estimate of drug-likeness (QED) is 0.736. The minimum Gasteiger partial charge on any atom is -0.295 e. The molecule has 2 unspecified atom stereocenters. The predicted octanol–water partition coefficient (Wildman–Crippen LogP) is 2.04. The summed E-state index contributed by atoms with van der Waals surface area (Å²) in [6.45, 7) is 3.40. The van der Waals surface area contributed by atoms with E-state index in [-0.39, 0.29) is 17.6 Å². The Bertz CT molecular complexity index is 785. The first-order chi connectivity index (χ1) is 11.5. The Morgan fingerprint density at radius 2 is 2.33 bits per heavy atom. The first-order valence-corrected chi connectivity index (χ1v) is 9.03. The van der Waals surface area contributed by atoms with Crippen LogP contribution in [0.5, 0.6) is 0 Å². The molecule has 126 valence electrons. The Kier molecular flexibility index (Phi) is 6.12. The van der Waals surface area contributed by atoms with E-state index >= 15 is 0 Å². The molecule has 2 aromatic rings. The zero-order chi connectivity index (χ0) is 17.7. The summed E-state index contributed by atoms with van der Waals surface area (Å²) in [6.07, 6.45) is 10.3. The highest BCUT2D eigenvalue weighted by Crippen LogP contribution is 2.26. The number of rotatable bonds is 6. The van der Waals surface area contributed by atoms with Crippen LogP contribution in [0.3, 0.4) is 0 Å². The van der Waals surface area contributed by atoms with E-state index < -0.39 is 16.0 Å². The Hall–Kier alpha value is -2.17. The van der Waals surface area contributed by atoms with Gasteiger partial charge in [0.2, 0.25) is 5.91 Å². The highest BCUT2D eigenvalue weighted by atomic mass is 35.5. The summed E-state index contributed by atoms with van der Waals surface area (Å²) in [5.41, 5.74) is 1.08. The molecule has 0 saturated heterocycles. The van der Waals surface area contributed by atoms with Crippen LogP contribution in [0.2, 0.25) is 5.15 Å². The van der Waals surface area contributed by atoms with Crippen LogP contribution in [0.1, 0.15) is 13.8 Å². The third kappa shape index (κ3) is 3.83. The van der Waals surface area contributed by atoms with Crippen LogP contribution in [0.4, 0.5) is 5.69 Å². The molecule has 2 rings (SSSR count). The maximum Gasteiger partial charge on any atom is 0.243 e. The molecule has 24 heavy (non-hydrogen) atoms. The van der Waals surface area contributed by atoms with Crippen molar-refractivity contribution in [2.75, 3.05) is 17.2 Å². The van der Waals surface area contributed by atoms with E-state index in [0.717, 1.165) is 0 Å². The molecule has 2 atom stereocenters. The molecule has 0 fully saturated rings. The normalized spacial score (nSPS) is 13.1. The lowest BCUT2D eigenvalue weighted by Crippen LogP contribution is -2.40. The van der Waals surface area contributed by atoms with Crippen molar-refractivity contribution in [3.05, 3.63) is 35.9 Å². The van der Waals surface area contributed by atoms with Crippen molar-refractivity contribution < 1.29 is 9.00 Å². The number of amides is 1. The van der Waals surface area contributed by atoms with E-state index in [4.69, 9.17) is 18.0 Å². The summed E-state index contributed by atoms with van der Waals surface area (Å²) in [5, 5.41) is 3.65. The molecule has 0 saturated carbocycles. The van der Waals surface area contributed by atoms with Crippen LogP contribution >= 0.6 is 11.6 Å². The highest BCUT2D eigenvalue weighted by molar-refractivity contribution is 7.86. The summed E-state index contributed by atoms with van der Waals surface area (Å²) >= 11 is 6.20. The van der Waals surface area contributed by atoms with Crippen molar-refractivity contribution in [2.24, 2.45) is 0 Å². The minimum atomic E-state index is -1.28. The fraction of sp³-hybridized carbons (Fsp3) is 0.312. The van der Waals surface area contributed by atoms with Gasteiger partial charge in [0, 0.05) is 22.7 Å². The van der Waals surface area contributed by atoms with E-state index in [9.17, 15) is 9.00 Å². The Morgan fingerprint density at radius 3 is 2.92 bits per heavy atom. The van der Waals surface area contributed by atoms with Gasteiger partial charge in [-0.15, -0.1) is 6.42 Å². The molecule has 0 radical (unpaired) electrons. The van der Waals surface area contributed by atoms with Gasteiger partial charge in [0.05, 0.1) is 24.6 Å². The van der Waals surface area contributed by atoms with E-state index in [0.29, 0.717) is 17.1 Å². The van der Waals surface area contributed by atoms with Crippen molar-refractivity contribution >= 4 is 34.0 Å². The third-order valence-corrected chi connectivity index (χ3v) is 5.22. The second-order valence-corrected chi connectivity index (χ2v) is 7.31. The van der Waals surface area contributed by atoms with Gasteiger partial charge in [-0.1, -0.05) is 24.4 Å². The van der Waals surface area contributed by atoms with E-state index in [1.807, 2.05) is 6.07 Å². The van der Waals surface area contributed by atoms with Crippen molar-refractivity contribution in [1.29, 1.82) is 0 Å². The van der Waals surface area contributed by atoms with Gasteiger partial charge in [0.1, 0.15) is 10.9 Å². The number of terminal acetylenes is 1. The van der Waals surface area contributed by atoms with Crippen molar-refractivity contribution in [3.8, 4) is 18.0 Å². The number of anilines is 1. The smallest absolute Gasteiger partial charge is 0.243 e. The summed E-state index contributed by atoms with van der Waals surface area (Å²) in [7, 11) is -1.28. The fourth-order valence-electron chi connectivity index (χ4n) is 2.10. The standard InChI is InChI=1S/C16H17ClN4O2S/c1-4-9-20(16(22)12(3)24(23)5-2)14-11-21(19-15(14)17)13-7-6-8-18-10-13/h1,6-8,10-12H,5,9H2,2-3H3. The van der Waals surface area contributed by atoms with Gasteiger partial charge in [0.25, 0.3) is 0 Å². The molecule has 0 aliphatic heterocycles. The summed E-state index contributed by atoms with van der Waals surface area (Å²) in [5.74, 6) is 2.48. The summed E-state index contributed by atoms with van der Waals surface area (Å²) in [4.78, 5) is 18.0. The number of carbonyl (C=O) groups is 1. The molecule has 0 aliphatic rings. The fourth-order valence-corrected chi connectivity index (χ4v) is 3.19. The zero-order valence-corrected chi connectivity index (χ0v) is 14.9. The zero-order valence-electron chi connectivity index (χ0n) is 13.3. The van der Waals surface area contributed by atoms with Crippen LogP contribution in [-0.2, 0) is 15.6 Å².